The second-order valence-electron chi connectivity index (χ2n) is 9.04. The van der Waals surface area contributed by atoms with Crippen LogP contribution in [0, 0.1) is 5.92 Å². The van der Waals surface area contributed by atoms with Gasteiger partial charge in [-0.3, -0.25) is 4.79 Å². The number of carbonyl (C=O) groups is 1. The molecular weight excluding hydrogens is 486 g/mol. The van der Waals surface area contributed by atoms with Crippen molar-refractivity contribution in [2.45, 2.75) is 75.6 Å². The summed E-state index contributed by atoms with van der Waals surface area (Å²) in [4.78, 5) is 13.3. The van der Waals surface area contributed by atoms with Crippen molar-refractivity contribution in [1.82, 2.24) is 14.9 Å². The Morgan fingerprint density at radius 2 is 1.97 bits per heavy atom. The summed E-state index contributed by atoms with van der Waals surface area (Å²) in [5.41, 5.74) is 0.577. The molecule has 0 spiro atoms. The first kappa shape index (κ1) is 27.3. The average Bonchev–Trinajstić information content (AvgIpc) is 3.20. The third kappa shape index (κ3) is 8.45. The van der Waals surface area contributed by atoms with Crippen molar-refractivity contribution < 1.29 is 9.00 Å². The van der Waals surface area contributed by atoms with E-state index in [-0.39, 0.29) is 5.91 Å². The first-order chi connectivity index (χ1) is 16.5. The number of hydrogen-bond donors (Lipinski definition) is 2. The van der Waals surface area contributed by atoms with Crippen LogP contribution >= 0.6 is 22.9 Å². The average molecular weight is 524 g/mol. The lowest BCUT2D eigenvalue weighted by Gasteiger charge is -2.21. The van der Waals surface area contributed by atoms with E-state index < -0.39 is 11.0 Å². The minimum absolute atomic E-state index is 0.140. The Bertz CT molecular complexity index is 919. The first-order valence-electron chi connectivity index (χ1n) is 12.5. The van der Waals surface area contributed by atoms with Crippen LogP contribution in [0.1, 0.15) is 74.0 Å². The van der Waals surface area contributed by atoms with Crippen LogP contribution < -0.4 is 10.6 Å². The van der Waals surface area contributed by atoms with Crippen molar-refractivity contribution >= 4 is 39.8 Å². The smallest absolute Gasteiger partial charge is 0.251 e. The number of amides is 1. The molecule has 2 heterocycles. The quantitative estimate of drug-likeness (QED) is 0.358. The molecule has 1 aliphatic heterocycles. The molecule has 8 heteroatoms. The number of hydrogen-bond acceptors (Lipinski definition) is 4. The molecule has 0 saturated carbocycles. The van der Waals surface area contributed by atoms with E-state index in [0.29, 0.717) is 23.2 Å². The molecule has 3 unspecified atom stereocenters. The zero-order valence-electron chi connectivity index (χ0n) is 20.4. The van der Waals surface area contributed by atoms with Crippen LogP contribution in [0.4, 0.5) is 0 Å². The van der Waals surface area contributed by atoms with Gasteiger partial charge in [-0.05, 0) is 74.5 Å². The standard InChI is InChI=1S/C26H38ClN3O2S2/c1-3-5-7-20(4-2)18-28-23-8-6-16-30(17-15-23)34(32)25-14-13-24(33-25)19-29-26(31)21-9-11-22(27)12-10-21/h9-14,20,23,28H,3-8,15-19H2,1-2H3,(H,29,31). The largest absolute Gasteiger partial charge is 0.347 e. The van der Waals surface area contributed by atoms with Crippen LogP contribution in [0.5, 0.6) is 0 Å². The summed E-state index contributed by atoms with van der Waals surface area (Å²) in [6.45, 7) is 7.77. The van der Waals surface area contributed by atoms with E-state index in [1.165, 1.54) is 37.0 Å². The maximum atomic E-state index is 13.2. The molecule has 2 N–H and O–H groups in total. The van der Waals surface area contributed by atoms with Gasteiger partial charge in [-0.1, -0.05) is 44.7 Å². The van der Waals surface area contributed by atoms with Gasteiger partial charge in [-0.15, -0.1) is 11.3 Å². The number of nitrogens with zero attached hydrogens (tertiary/aromatic N) is 1. The van der Waals surface area contributed by atoms with Crippen molar-refractivity contribution in [1.29, 1.82) is 0 Å². The molecule has 188 valence electrons. The van der Waals surface area contributed by atoms with Crippen molar-refractivity contribution in [2.24, 2.45) is 5.92 Å². The highest BCUT2D eigenvalue weighted by molar-refractivity contribution is 7.85. The number of unbranched alkanes of at least 4 members (excludes halogenated alkanes) is 1. The van der Waals surface area contributed by atoms with E-state index >= 15 is 0 Å². The summed E-state index contributed by atoms with van der Waals surface area (Å²) >= 11 is 7.40. The van der Waals surface area contributed by atoms with E-state index in [9.17, 15) is 9.00 Å². The number of benzene rings is 1. The molecule has 2 aromatic rings. The molecule has 3 atom stereocenters. The highest BCUT2D eigenvalue weighted by Crippen LogP contribution is 2.24. The zero-order valence-corrected chi connectivity index (χ0v) is 22.7. The van der Waals surface area contributed by atoms with Crippen molar-refractivity contribution in [3.8, 4) is 0 Å². The van der Waals surface area contributed by atoms with Gasteiger partial charge in [0.2, 0.25) is 0 Å². The Hall–Kier alpha value is -1.25. The first-order valence-corrected chi connectivity index (χ1v) is 14.8. The third-order valence-electron chi connectivity index (χ3n) is 6.50. The molecule has 0 aliphatic carbocycles. The Balaban J connectivity index is 1.46. The van der Waals surface area contributed by atoms with Gasteiger partial charge < -0.3 is 10.6 Å². The summed E-state index contributed by atoms with van der Waals surface area (Å²) in [6.07, 6.45) is 8.35. The van der Waals surface area contributed by atoms with Crippen LogP contribution in [0.25, 0.3) is 0 Å². The second-order valence-corrected chi connectivity index (χ2v) is 12.4. The van der Waals surface area contributed by atoms with Crippen molar-refractivity contribution in [3.63, 3.8) is 0 Å². The van der Waals surface area contributed by atoms with Gasteiger partial charge in [0.1, 0.15) is 15.2 Å². The monoisotopic (exact) mass is 523 g/mol. The van der Waals surface area contributed by atoms with Gasteiger partial charge in [-0.2, -0.15) is 0 Å². The highest BCUT2D eigenvalue weighted by Gasteiger charge is 2.23. The molecule has 0 radical (unpaired) electrons. The fourth-order valence-electron chi connectivity index (χ4n) is 4.26. The molecule has 1 aromatic heterocycles. The summed E-state index contributed by atoms with van der Waals surface area (Å²) in [5, 5.41) is 7.33. The van der Waals surface area contributed by atoms with Gasteiger partial charge in [0.15, 0.2) is 0 Å². The Morgan fingerprint density at radius 3 is 2.71 bits per heavy atom. The Labute approximate surface area is 216 Å². The van der Waals surface area contributed by atoms with E-state index in [0.717, 1.165) is 53.9 Å². The lowest BCUT2D eigenvalue weighted by molar-refractivity contribution is 0.0951. The number of nitrogens with one attached hydrogen (secondary N) is 2. The molecular formula is C26H38ClN3O2S2. The van der Waals surface area contributed by atoms with Gasteiger partial charge in [0.05, 0.1) is 6.54 Å². The number of rotatable bonds is 12. The zero-order chi connectivity index (χ0) is 24.3. The molecule has 34 heavy (non-hydrogen) atoms. The second kappa shape index (κ2) is 14.3. The van der Waals surface area contributed by atoms with E-state index in [4.69, 9.17) is 11.6 Å². The van der Waals surface area contributed by atoms with Gasteiger partial charge in [-0.25, -0.2) is 8.51 Å². The normalized spacial score (nSPS) is 18.9. The fraction of sp³-hybridized carbons (Fsp3) is 0.577. The maximum Gasteiger partial charge on any atom is 0.251 e. The van der Waals surface area contributed by atoms with E-state index in [1.807, 2.05) is 12.1 Å². The predicted octanol–water partition coefficient (Wildman–Crippen LogP) is 6.01. The van der Waals surface area contributed by atoms with Crippen LogP contribution in [0.2, 0.25) is 5.02 Å². The molecule has 1 aliphatic rings. The molecule has 1 amide bonds. The van der Waals surface area contributed by atoms with Crippen LogP contribution in [0.15, 0.2) is 40.6 Å². The third-order valence-corrected chi connectivity index (χ3v) is 9.62. The molecule has 5 nitrogen and oxygen atoms in total. The van der Waals surface area contributed by atoms with Crippen molar-refractivity contribution in [2.75, 3.05) is 19.6 Å². The Kier molecular flexibility index (Phi) is 11.5. The fourth-order valence-corrected chi connectivity index (χ4v) is 6.99. The van der Waals surface area contributed by atoms with Crippen LogP contribution in [-0.4, -0.2) is 40.1 Å². The highest BCUT2D eigenvalue weighted by atomic mass is 35.5. The van der Waals surface area contributed by atoms with Crippen LogP contribution in [0.3, 0.4) is 0 Å². The minimum atomic E-state index is -1.15. The van der Waals surface area contributed by atoms with Gasteiger partial charge in [0.25, 0.3) is 5.91 Å². The minimum Gasteiger partial charge on any atom is -0.347 e. The van der Waals surface area contributed by atoms with E-state index in [1.54, 1.807) is 24.3 Å². The van der Waals surface area contributed by atoms with Gasteiger partial charge >= 0.3 is 0 Å². The maximum absolute atomic E-state index is 13.2. The SMILES string of the molecule is CCCCC(CC)CNC1CCCN(S(=O)c2ccc(CNC(=O)c3ccc(Cl)cc3)s2)CC1. The summed E-state index contributed by atoms with van der Waals surface area (Å²) in [7, 11) is -1.15. The Morgan fingerprint density at radius 1 is 1.18 bits per heavy atom. The number of halogens is 1. The van der Waals surface area contributed by atoms with E-state index in [2.05, 4.69) is 28.8 Å². The summed E-state index contributed by atoms with van der Waals surface area (Å²) in [6, 6.07) is 11.2. The lowest BCUT2D eigenvalue weighted by atomic mass is 9.98. The summed E-state index contributed by atoms with van der Waals surface area (Å²) < 4.78 is 16.2. The van der Waals surface area contributed by atoms with Crippen LogP contribution in [-0.2, 0) is 17.5 Å². The molecule has 1 saturated heterocycles. The molecule has 1 fully saturated rings. The lowest BCUT2D eigenvalue weighted by Crippen LogP contribution is -2.34. The molecule has 0 bridgehead atoms. The van der Waals surface area contributed by atoms with Gasteiger partial charge in [0, 0.05) is 34.6 Å². The predicted molar refractivity (Wildman–Crippen MR) is 144 cm³/mol. The number of carbonyl (C=O) groups excluding carboxylic acids is 1. The summed E-state index contributed by atoms with van der Waals surface area (Å²) in [5.74, 6) is 0.622. The van der Waals surface area contributed by atoms with Crippen molar-refractivity contribution in [3.05, 3.63) is 51.9 Å². The number of thiophene rings is 1. The topological polar surface area (TPSA) is 61.4 Å². The molecule has 3 rings (SSSR count). The molecule has 1 aromatic carbocycles.